The highest BCUT2D eigenvalue weighted by atomic mass is 32.2. The van der Waals surface area contributed by atoms with Crippen LogP contribution >= 0.6 is 23.1 Å². The van der Waals surface area contributed by atoms with Crippen LogP contribution in [0.15, 0.2) is 53.0 Å². The maximum absolute atomic E-state index is 12.5. The molecule has 1 aliphatic carbocycles. The molecule has 0 aliphatic heterocycles. The third-order valence-electron chi connectivity index (χ3n) is 4.52. The molecule has 2 heterocycles. The molecule has 2 aromatic heterocycles. The second-order valence-corrected chi connectivity index (χ2v) is 9.06. The van der Waals surface area contributed by atoms with Gasteiger partial charge in [-0.05, 0) is 36.8 Å². The Morgan fingerprint density at radius 2 is 2.07 bits per heavy atom. The average molecular weight is 399 g/mol. The Hall–Kier alpha value is -2.12. The van der Waals surface area contributed by atoms with E-state index in [9.17, 15) is 4.79 Å². The van der Waals surface area contributed by atoms with E-state index in [4.69, 9.17) is 0 Å². The molecular weight excluding hydrogens is 376 g/mol. The van der Waals surface area contributed by atoms with Crippen LogP contribution in [0.25, 0.3) is 0 Å². The van der Waals surface area contributed by atoms with Crippen LogP contribution in [0.3, 0.4) is 0 Å². The number of nitrogens with one attached hydrogen (secondary N) is 1. The van der Waals surface area contributed by atoms with Gasteiger partial charge >= 0.3 is 0 Å². The van der Waals surface area contributed by atoms with Crippen LogP contribution in [-0.4, -0.2) is 25.9 Å². The highest BCUT2D eigenvalue weighted by Gasteiger charge is 2.31. The topological polar surface area (TPSA) is 59.8 Å². The number of thiophene rings is 1. The van der Waals surface area contributed by atoms with Gasteiger partial charge in [0.2, 0.25) is 5.91 Å². The molecule has 1 aromatic carbocycles. The lowest BCUT2D eigenvalue weighted by molar-refractivity contribution is -0.120. The Labute approximate surface area is 167 Å². The molecule has 0 unspecified atom stereocenters. The zero-order chi connectivity index (χ0) is 18.6. The first-order chi connectivity index (χ1) is 13.2. The zero-order valence-corrected chi connectivity index (χ0v) is 16.8. The van der Waals surface area contributed by atoms with Crippen molar-refractivity contribution in [2.45, 2.75) is 49.2 Å². The molecule has 0 spiro atoms. The normalized spacial score (nSPS) is 14.9. The van der Waals surface area contributed by atoms with Crippen LogP contribution in [0.5, 0.6) is 0 Å². The maximum Gasteiger partial charge on any atom is 0.233 e. The summed E-state index contributed by atoms with van der Waals surface area (Å²) < 4.78 is 2.24. The van der Waals surface area contributed by atoms with E-state index in [0.29, 0.717) is 12.6 Å². The van der Waals surface area contributed by atoms with Crippen LogP contribution in [0.2, 0.25) is 0 Å². The number of hydrogen-bond donors (Lipinski definition) is 1. The minimum Gasteiger partial charge on any atom is -0.351 e. The smallest absolute Gasteiger partial charge is 0.233 e. The largest absolute Gasteiger partial charge is 0.351 e. The molecule has 1 amide bonds. The lowest BCUT2D eigenvalue weighted by Crippen LogP contribution is -2.30. The molecule has 1 aliphatic rings. The van der Waals surface area contributed by atoms with Gasteiger partial charge in [0.15, 0.2) is 5.16 Å². The second-order valence-electron chi connectivity index (χ2n) is 6.72. The Morgan fingerprint density at radius 3 is 2.78 bits per heavy atom. The molecule has 3 aromatic rings. The van der Waals surface area contributed by atoms with Gasteiger partial charge in [-0.3, -0.25) is 4.79 Å². The first-order valence-corrected chi connectivity index (χ1v) is 10.9. The summed E-state index contributed by atoms with van der Waals surface area (Å²) in [7, 11) is 0. The van der Waals surface area contributed by atoms with Crippen LogP contribution < -0.4 is 5.32 Å². The van der Waals surface area contributed by atoms with Crippen LogP contribution in [0, 0.1) is 0 Å². The van der Waals surface area contributed by atoms with Gasteiger partial charge in [0, 0.05) is 23.9 Å². The molecule has 4 rings (SSSR count). The number of thioether (sulfide) groups is 1. The minimum absolute atomic E-state index is 0.0222. The van der Waals surface area contributed by atoms with Gasteiger partial charge in [-0.2, -0.15) is 0 Å². The quantitative estimate of drug-likeness (QED) is 0.581. The van der Waals surface area contributed by atoms with Crippen molar-refractivity contribution in [3.05, 3.63) is 64.1 Å². The van der Waals surface area contributed by atoms with Crippen LogP contribution in [0.1, 0.15) is 42.1 Å². The van der Waals surface area contributed by atoms with E-state index in [1.54, 1.807) is 11.3 Å². The molecular formula is C20H22N4OS2. The molecule has 1 fully saturated rings. The highest BCUT2D eigenvalue weighted by Crippen LogP contribution is 2.40. The van der Waals surface area contributed by atoms with Crippen molar-refractivity contribution in [1.29, 1.82) is 0 Å². The molecule has 0 bridgehead atoms. The van der Waals surface area contributed by atoms with Crippen molar-refractivity contribution in [2.75, 3.05) is 0 Å². The number of aromatic nitrogens is 3. The van der Waals surface area contributed by atoms with Crippen LogP contribution in [0.4, 0.5) is 0 Å². The zero-order valence-electron chi connectivity index (χ0n) is 15.2. The summed E-state index contributed by atoms with van der Waals surface area (Å²) in [6.07, 6.45) is 3.13. The summed E-state index contributed by atoms with van der Waals surface area (Å²) in [5, 5.41) is 14.6. The molecule has 0 radical (unpaired) electrons. The monoisotopic (exact) mass is 398 g/mol. The van der Waals surface area contributed by atoms with E-state index in [1.165, 1.54) is 16.6 Å². The standard InChI is InChI=1S/C20H22N4OS2/c1-14(19(25)21-13-15-6-3-2-4-7-15)27-20-23-22-18(24(20)16-9-10-16)12-17-8-5-11-26-17/h2-8,11,14,16H,9-10,12-13H2,1H3,(H,21,25)/t14-/m0/s1. The van der Waals surface area contributed by atoms with Gasteiger partial charge in [0.05, 0.1) is 5.25 Å². The minimum atomic E-state index is -0.218. The van der Waals surface area contributed by atoms with Gasteiger partial charge in [0.1, 0.15) is 5.82 Å². The van der Waals surface area contributed by atoms with E-state index < -0.39 is 0 Å². The fourth-order valence-corrected chi connectivity index (χ4v) is 4.58. The van der Waals surface area contributed by atoms with Crippen molar-refractivity contribution < 1.29 is 4.79 Å². The predicted octanol–water partition coefficient (Wildman–Crippen LogP) is 4.06. The molecule has 1 saturated carbocycles. The predicted molar refractivity (Wildman–Crippen MR) is 109 cm³/mol. The average Bonchev–Trinajstić information content (AvgIpc) is 3.25. The van der Waals surface area contributed by atoms with Gasteiger partial charge in [-0.1, -0.05) is 48.2 Å². The van der Waals surface area contributed by atoms with E-state index in [1.807, 2.05) is 37.3 Å². The van der Waals surface area contributed by atoms with Crippen molar-refractivity contribution >= 4 is 29.0 Å². The summed E-state index contributed by atoms with van der Waals surface area (Å²) in [4.78, 5) is 13.8. The molecule has 1 atom stereocenters. The Kier molecular flexibility index (Phi) is 5.59. The van der Waals surface area contributed by atoms with E-state index in [0.717, 1.165) is 35.8 Å². The number of rotatable bonds is 8. The molecule has 27 heavy (non-hydrogen) atoms. The SMILES string of the molecule is C[C@H](Sc1nnc(Cc2cccs2)n1C1CC1)C(=O)NCc1ccccc1. The van der Waals surface area contributed by atoms with E-state index >= 15 is 0 Å². The lowest BCUT2D eigenvalue weighted by atomic mass is 10.2. The fraction of sp³-hybridized carbons (Fsp3) is 0.350. The number of amides is 1. The highest BCUT2D eigenvalue weighted by molar-refractivity contribution is 8.00. The summed E-state index contributed by atoms with van der Waals surface area (Å²) in [5.41, 5.74) is 1.10. The first-order valence-electron chi connectivity index (χ1n) is 9.15. The van der Waals surface area contributed by atoms with E-state index in [-0.39, 0.29) is 11.2 Å². The fourth-order valence-electron chi connectivity index (χ4n) is 2.92. The van der Waals surface area contributed by atoms with Gasteiger partial charge in [-0.25, -0.2) is 0 Å². The van der Waals surface area contributed by atoms with Crippen LogP contribution in [-0.2, 0) is 17.8 Å². The summed E-state index contributed by atoms with van der Waals surface area (Å²) >= 11 is 3.24. The molecule has 7 heteroatoms. The molecule has 140 valence electrons. The Balaban J connectivity index is 1.41. The third kappa shape index (κ3) is 4.59. The molecule has 0 saturated heterocycles. The van der Waals surface area contributed by atoms with Gasteiger partial charge in [-0.15, -0.1) is 21.5 Å². The Morgan fingerprint density at radius 1 is 1.26 bits per heavy atom. The second kappa shape index (κ2) is 8.27. The number of carbonyl (C=O) groups is 1. The summed E-state index contributed by atoms with van der Waals surface area (Å²) in [6, 6.07) is 14.6. The molecule has 1 N–H and O–H groups in total. The number of benzene rings is 1. The molecule has 5 nitrogen and oxygen atoms in total. The first kappa shape index (κ1) is 18.3. The number of carbonyl (C=O) groups excluding carboxylic acids is 1. The van der Waals surface area contributed by atoms with Crippen molar-refractivity contribution in [3.8, 4) is 0 Å². The van der Waals surface area contributed by atoms with Gasteiger partial charge < -0.3 is 9.88 Å². The lowest BCUT2D eigenvalue weighted by Gasteiger charge is -2.13. The van der Waals surface area contributed by atoms with E-state index in [2.05, 4.69) is 37.6 Å². The number of nitrogens with zero attached hydrogens (tertiary/aromatic N) is 3. The van der Waals surface area contributed by atoms with Crippen molar-refractivity contribution in [2.24, 2.45) is 0 Å². The third-order valence-corrected chi connectivity index (χ3v) is 6.45. The number of hydrogen-bond acceptors (Lipinski definition) is 5. The maximum atomic E-state index is 12.5. The Bertz CT molecular complexity index is 888. The van der Waals surface area contributed by atoms with Crippen molar-refractivity contribution in [1.82, 2.24) is 20.1 Å². The summed E-state index contributed by atoms with van der Waals surface area (Å²) in [5.74, 6) is 1.02. The van der Waals surface area contributed by atoms with Crippen molar-refractivity contribution in [3.63, 3.8) is 0 Å². The summed E-state index contributed by atoms with van der Waals surface area (Å²) in [6.45, 7) is 2.47. The van der Waals surface area contributed by atoms with Gasteiger partial charge in [0.25, 0.3) is 0 Å².